The molecule has 0 aliphatic carbocycles. The summed E-state index contributed by atoms with van der Waals surface area (Å²) >= 11 is 0. The molecule has 0 spiro atoms. The molecule has 0 heterocycles. The number of unbranched alkanes of at least 4 members (excludes halogenated alkanes) is 2. The molecular formula is C25H31Cl3SiTi. The van der Waals surface area contributed by atoms with E-state index in [-0.39, 0.29) is 58.9 Å². The van der Waals surface area contributed by atoms with E-state index in [4.69, 9.17) is 0 Å². The summed E-state index contributed by atoms with van der Waals surface area (Å²) in [5.74, 6) is 0. The van der Waals surface area contributed by atoms with E-state index in [1.807, 2.05) is 0 Å². The predicted molar refractivity (Wildman–Crippen MR) is 119 cm³/mol. The standard InChI is InChI=1S/C25H31Si.3ClH.Ti/c1-5-6-8-11-22-14-15-23(24(22)21-12-9-7-10-13-21)26-25-19(3)16-18(2)17-20(25)4;;;;/h7,9-10,12-17H,5-6,8,11,26H2,1-4H3;3*1H;/q-1;;;;+4/p-3. The van der Waals surface area contributed by atoms with Crippen LogP contribution in [-0.2, 0) is 28.1 Å². The van der Waals surface area contributed by atoms with Crippen molar-refractivity contribution in [3.05, 3.63) is 76.9 Å². The summed E-state index contributed by atoms with van der Waals surface area (Å²) in [4.78, 5) is 0. The van der Waals surface area contributed by atoms with Gasteiger partial charge >= 0.3 is 21.7 Å². The molecule has 5 heteroatoms. The smallest absolute Gasteiger partial charge is 1.00 e. The number of aryl methyl sites for hydroxylation is 4. The Morgan fingerprint density at radius 2 is 1.43 bits per heavy atom. The quantitative estimate of drug-likeness (QED) is 0.171. The van der Waals surface area contributed by atoms with Crippen molar-refractivity contribution in [1.82, 2.24) is 0 Å². The van der Waals surface area contributed by atoms with Gasteiger partial charge in [-0.2, -0.15) is 17.3 Å². The molecule has 0 aliphatic rings. The molecule has 0 radical (unpaired) electrons. The molecule has 0 fully saturated rings. The van der Waals surface area contributed by atoms with Crippen LogP contribution in [0.15, 0.2) is 54.6 Å². The number of hydrogen-bond donors (Lipinski definition) is 0. The fourth-order valence-electron chi connectivity index (χ4n) is 4.15. The van der Waals surface area contributed by atoms with E-state index in [0.717, 1.165) is 0 Å². The fraction of sp³-hybridized carbons (Fsp3) is 0.320. The van der Waals surface area contributed by atoms with Crippen LogP contribution >= 0.6 is 0 Å². The third-order valence-corrected chi connectivity index (χ3v) is 7.89. The Morgan fingerprint density at radius 3 is 2.00 bits per heavy atom. The molecule has 0 nitrogen and oxygen atoms in total. The van der Waals surface area contributed by atoms with Gasteiger partial charge in [0.05, 0.1) is 0 Å². The van der Waals surface area contributed by atoms with Gasteiger partial charge in [-0.15, -0.1) is 11.1 Å². The van der Waals surface area contributed by atoms with Crippen LogP contribution in [-0.4, -0.2) is 9.52 Å². The number of benzene rings is 2. The Labute approximate surface area is 218 Å². The molecule has 0 N–H and O–H groups in total. The van der Waals surface area contributed by atoms with Gasteiger partial charge in [0.1, 0.15) is 0 Å². The van der Waals surface area contributed by atoms with Gasteiger partial charge in [-0.1, -0.05) is 103 Å². The zero-order valence-corrected chi connectivity index (χ0v) is 23.6. The predicted octanol–water partition coefficient (Wildman–Crippen LogP) is -4.14. The first-order valence-corrected chi connectivity index (χ1v) is 11.4. The van der Waals surface area contributed by atoms with Gasteiger partial charge in [-0.25, -0.2) is 0 Å². The van der Waals surface area contributed by atoms with Gasteiger partial charge in [-0.3, -0.25) is 0 Å². The van der Waals surface area contributed by atoms with Crippen LogP contribution in [0.25, 0.3) is 11.1 Å². The van der Waals surface area contributed by atoms with Crippen molar-refractivity contribution in [2.75, 3.05) is 0 Å². The monoisotopic (exact) mass is 512 g/mol. The minimum atomic E-state index is -0.488. The molecule has 0 unspecified atom stereocenters. The molecule has 30 heavy (non-hydrogen) atoms. The van der Waals surface area contributed by atoms with Gasteiger partial charge in [-0.05, 0) is 20.8 Å². The maximum atomic E-state index is 2.43. The summed E-state index contributed by atoms with van der Waals surface area (Å²) in [5, 5.41) is 3.23. The molecule has 160 valence electrons. The van der Waals surface area contributed by atoms with Crippen molar-refractivity contribution in [2.24, 2.45) is 0 Å². The molecule has 0 saturated carbocycles. The van der Waals surface area contributed by atoms with Gasteiger partial charge in [0, 0.05) is 9.52 Å². The van der Waals surface area contributed by atoms with Gasteiger partial charge in [0.25, 0.3) is 0 Å². The zero-order chi connectivity index (χ0) is 18.5. The summed E-state index contributed by atoms with van der Waals surface area (Å²) in [6.07, 6.45) is 5.11. The average Bonchev–Trinajstić information content (AvgIpc) is 3.01. The van der Waals surface area contributed by atoms with Crippen LogP contribution in [0.2, 0.25) is 0 Å². The van der Waals surface area contributed by atoms with E-state index in [1.54, 1.807) is 15.9 Å². The molecule has 0 saturated heterocycles. The minimum absolute atomic E-state index is 0. The SMILES string of the molecule is CCCCC[c-]1ccc([SiH2]c2c(C)cc(C)cc2C)c1-c1ccccc1.[Cl-].[Cl-].[Cl-].[Ti+4]. The van der Waals surface area contributed by atoms with Gasteiger partial charge < -0.3 is 37.2 Å². The maximum absolute atomic E-state index is 2.43. The average molecular weight is 514 g/mol. The Kier molecular flexibility index (Phi) is 16.3. The molecule has 0 aromatic heterocycles. The van der Waals surface area contributed by atoms with Crippen LogP contribution in [0, 0.1) is 20.8 Å². The van der Waals surface area contributed by atoms with Crippen molar-refractivity contribution < 1.29 is 58.9 Å². The maximum Gasteiger partial charge on any atom is 4.00 e. The molecule has 0 bridgehead atoms. The number of hydrogen-bond acceptors (Lipinski definition) is 0. The van der Waals surface area contributed by atoms with Crippen molar-refractivity contribution >= 4 is 19.9 Å². The molecule has 0 aliphatic heterocycles. The van der Waals surface area contributed by atoms with Gasteiger partial charge in [0.15, 0.2) is 0 Å². The zero-order valence-electron chi connectivity index (χ0n) is 18.4. The van der Waals surface area contributed by atoms with Crippen molar-refractivity contribution in [1.29, 1.82) is 0 Å². The first-order valence-electron chi connectivity index (χ1n) is 9.99. The molecule has 3 rings (SSSR count). The minimum Gasteiger partial charge on any atom is -1.00 e. The topological polar surface area (TPSA) is 0 Å². The second kappa shape index (κ2) is 15.4. The summed E-state index contributed by atoms with van der Waals surface area (Å²) in [7, 11) is -0.488. The normalized spacial score (nSPS) is 10.0. The Bertz CT molecular complexity index is 852. The van der Waals surface area contributed by atoms with Crippen LogP contribution in [0.3, 0.4) is 0 Å². The Hall–Kier alpha value is -0.409. The first kappa shape index (κ1) is 31.8. The third kappa shape index (κ3) is 7.93. The van der Waals surface area contributed by atoms with Crippen LogP contribution in [0.4, 0.5) is 0 Å². The Balaban J connectivity index is 0. The van der Waals surface area contributed by atoms with Gasteiger partial charge in [0.2, 0.25) is 0 Å². The van der Waals surface area contributed by atoms with E-state index in [0.29, 0.717) is 0 Å². The summed E-state index contributed by atoms with van der Waals surface area (Å²) in [6, 6.07) is 20.6. The van der Waals surface area contributed by atoms with Crippen molar-refractivity contribution in [2.45, 2.75) is 53.4 Å². The van der Waals surface area contributed by atoms with E-state index >= 15 is 0 Å². The molecular weight excluding hydrogens is 483 g/mol. The van der Waals surface area contributed by atoms with Crippen LogP contribution < -0.4 is 47.6 Å². The largest absolute Gasteiger partial charge is 4.00 e. The van der Waals surface area contributed by atoms with Crippen LogP contribution in [0.5, 0.6) is 0 Å². The van der Waals surface area contributed by atoms with E-state index < -0.39 is 9.52 Å². The second-order valence-corrected chi connectivity index (χ2v) is 9.46. The number of rotatable bonds is 7. The van der Waals surface area contributed by atoms with Crippen molar-refractivity contribution in [3.8, 4) is 11.1 Å². The van der Waals surface area contributed by atoms with E-state index in [1.165, 1.54) is 53.5 Å². The second-order valence-electron chi connectivity index (χ2n) is 7.64. The third-order valence-electron chi connectivity index (χ3n) is 5.45. The molecule has 0 amide bonds. The Morgan fingerprint density at radius 1 is 0.833 bits per heavy atom. The van der Waals surface area contributed by atoms with Crippen LogP contribution in [0.1, 0.15) is 48.4 Å². The number of halogens is 3. The first-order chi connectivity index (χ1) is 12.6. The molecule has 0 atom stereocenters. The van der Waals surface area contributed by atoms with E-state index in [2.05, 4.69) is 82.3 Å². The summed E-state index contributed by atoms with van der Waals surface area (Å²) in [5.41, 5.74) is 8.81. The fourth-order valence-corrected chi connectivity index (χ4v) is 6.14. The summed E-state index contributed by atoms with van der Waals surface area (Å²) in [6.45, 7) is 9.06. The van der Waals surface area contributed by atoms with Crippen molar-refractivity contribution in [3.63, 3.8) is 0 Å². The molecule has 3 aromatic rings. The molecule has 3 aromatic carbocycles. The summed E-state index contributed by atoms with van der Waals surface area (Å²) < 4.78 is 0. The van der Waals surface area contributed by atoms with E-state index in [9.17, 15) is 0 Å².